The zero-order chi connectivity index (χ0) is 24.1. The Balaban J connectivity index is 2.08. The molecule has 2 aromatic carbocycles. The van der Waals surface area contributed by atoms with Crippen LogP contribution in [0.1, 0.15) is 38.4 Å². The highest BCUT2D eigenvalue weighted by Crippen LogP contribution is 2.26. The van der Waals surface area contributed by atoms with Crippen molar-refractivity contribution >= 4 is 17.7 Å². The molecule has 0 aliphatic heterocycles. The van der Waals surface area contributed by atoms with Crippen LogP contribution < -0.4 is 14.8 Å². The third-order valence-corrected chi connectivity index (χ3v) is 4.67. The molecule has 0 heterocycles. The Labute approximate surface area is 194 Å². The zero-order valence-corrected chi connectivity index (χ0v) is 19.2. The maximum atomic E-state index is 12.5. The monoisotopic (exact) mass is 457 g/mol. The first kappa shape index (κ1) is 25.7. The van der Waals surface area contributed by atoms with Gasteiger partial charge in [-0.25, -0.2) is 9.59 Å². The fraction of sp³-hybridized carbons (Fsp3) is 0.360. The van der Waals surface area contributed by atoms with Gasteiger partial charge in [-0.1, -0.05) is 18.2 Å². The third-order valence-electron chi connectivity index (χ3n) is 4.67. The summed E-state index contributed by atoms with van der Waals surface area (Å²) in [5.74, 6) is 0.920. The van der Waals surface area contributed by atoms with E-state index in [4.69, 9.17) is 24.1 Å². The summed E-state index contributed by atoms with van der Waals surface area (Å²) in [6, 6.07) is 14.0. The highest BCUT2D eigenvalue weighted by Gasteiger charge is 2.17. The first-order valence-corrected chi connectivity index (χ1v) is 10.8. The van der Waals surface area contributed by atoms with Crippen LogP contribution in [0.4, 0.5) is 10.5 Å². The zero-order valence-electron chi connectivity index (χ0n) is 19.2. The summed E-state index contributed by atoms with van der Waals surface area (Å²) >= 11 is 0. The SMILES string of the molecule is CCOC(=O)/C(C)=C/CC[C@H](OC(=O)Nc1ccc(OC)cc1)c1ccc(OCCO)cc1. The van der Waals surface area contributed by atoms with Crippen molar-refractivity contribution in [2.75, 3.05) is 32.2 Å². The van der Waals surface area contributed by atoms with Gasteiger partial charge in [0, 0.05) is 11.3 Å². The Kier molecular flexibility index (Phi) is 10.8. The topological polar surface area (TPSA) is 103 Å². The molecule has 2 N–H and O–H groups in total. The molecule has 2 rings (SSSR count). The molecule has 8 nitrogen and oxygen atoms in total. The quantitative estimate of drug-likeness (QED) is 0.353. The number of amides is 1. The van der Waals surface area contributed by atoms with E-state index in [1.54, 1.807) is 75.6 Å². The molecular weight excluding hydrogens is 426 g/mol. The Morgan fingerprint density at radius 3 is 2.33 bits per heavy atom. The molecule has 0 aliphatic rings. The van der Waals surface area contributed by atoms with Gasteiger partial charge in [0.25, 0.3) is 0 Å². The number of ether oxygens (including phenoxy) is 4. The van der Waals surface area contributed by atoms with Gasteiger partial charge in [-0.2, -0.15) is 0 Å². The predicted octanol–water partition coefficient (Wildman–Crippen LogP) is 4.65. The molecule has 0 spiro atoms. The van der Waals surface area contributed by atoms with Gasteiger partial charge < -0.3 is 24.1 Å². The minimum Gasteiger partial charge on any atom is -0.497 e. The molecule has 0 radical (unpaired) electrons. The molecule has 1 atom stereocenters. The molecule has 8 heteroatoms. The van der Waals surface area contributed by atoms with E-state index in [1.807, 2.05) is 0 Å². The summed E-state index contributed by atoms with van der Waals surface area (Å²) in [5.41, 5.74) is 1.86. The van der Waals surface area contributed by atoms with Crippen molar-refractivity contribution in [1.29, 1.82) is 0 Å². The Hall–Kier alpha value is -3.52. The van der Waals surface area contributed by atoms with Crippen LogP contribution in [0.3, 0.4) is 0 Å². The second-order valence-electron chi connectivity index (χ2n) is 7.07. The Morgan fingerprint density at radius 2 is 1.73 bits per heavy atom. The molecule has 0 bridgehead atoms. The molecular formula is C25H31NO7. The fourth-order valence-electron chi connectivity index (χ4n) is 2.97. The van der Waals surface area contributed by atoms with Crippen molar-refractivity contribution in [3.8, 4) is 11.5 Å². The van der Waals surface area contributed by atoms with Crippen molar-refractivity contribution in [2.45, 2.75) is 32.8 Å². The number of methoxy groups -OCH3 is 1. The number of hydrogen-bond donors (Lipinski definition) is 2. The van der Waals surface area contributed by atoms with Crippen molar-refractivity contribution in [1.82, 2.24) is 0 Å². The summed E-state index contributed by atoms with van der Waals surface area (Å²) in [5, 5.41) is 11.6. The summed E-state index contributed by atoms with van der Waals surface area (Å²) < 4.78 is 21.2. The molecule has 1 amide bonds. The molecule has 0 aromatic heterocycles. The van der Waals surface area contributed by atoms with Crippen LogP contribution in [-0.2, 0) is 14.3 Å². The van der Waals surface area contributed by atoms with E-state index in [2.05, 4.69) is 5.32 Å². The van der Waals surface area contributed by atoms with Crippen molar-refractivity contribution in [2.24, 2.45) is 0 Å². The van der Waals surface area contributed by atoms with Gasteiger partial charge in [0.15, 0.2) is 0 Å². The Bertz CT molecular complexity index is 907. The van der Waals surface area contributed by atoms with Gasteiger partial charge in [0.1, 0.15) is 24.2 Å². The molecule has 0 aliphatic carbocycles. The largest absolute Gasteiger partial charge is 0.497 e. The third kappa shape index (κ3) is 8.86. The van der Waals surface area contributed by atoms with Gasteiger partial charge in [-0.3, -0.25) is 5.32 Å². The number of nitrogens with one attached hydrogen (secondary N) is 1. The van der Waals surface area contributed by atoms with Gasteiger partial charge in [-0.15, -0.1) is 0 Å². The first-order chi connectivity index (χ1) is 16.0. The summed E-state index contributed by atoms with van der Waals surface area (Å²) in [6.07, 6.45) is 1.59. The summed E-state index contributed by atoms with van der Waals surface area (Å²) in [6.45, 7) is 3.88. The second-order valence-corrected chi connectivity index (χ2v) is 7.07. The Morgan fingerprint density at radius 1 is 1.06 bits per heavy atom. The van der Waals surface area contributed by atoms with Crippen LogP contribution in [0.15, 0.2) is 60.2 Å². The number of aliphatic hydroxyl groups is 1. The number of hydrogen-bond acceptors (Lipinski definition) is 7. The summed E-state index contributed by atoms with van der Waals surface area (Å²) in [4.78, 5) is 24.4. The standard InChI is InChI=1S/C25H31NO7/c1-4-31-24(28)18(2)6-5-7-23(19-8-12-22(13-9-19)32-17-16-27)33-25(29)26-20-10-14-21(30-3)15-11-20/h6,8-15,23,27H,4-5,7,16-17H2,1-3H3,(H,26,29)/b18-6+/t23-/m0/s1. The smallest absolute Gasteiger partial charge is 0.412 e. The molecule has 0 unspecified atom stereocenters. The number of carbonyl (C=O) groups excluding carboxylic acids is 2. The number of allylic oxidation sites excluding steroid dienone is 1. The molecule has 0 fully saturated rings. The second kappa shape index (κ2) is 13.8. The van der Waals surface area contributed by atoms with Crippen molar-refractivity contribution in [3.05, 3.63) is 65.7 Å². The lowest BCUT2D eigenvalue weighted by Gasteiger charge is -2.19. The fourth-order valence-corrected chi connectivity index (χ4v) is 2.97. The van der Waals surface area contributed by atoms with Gasteiger partial charge >= 0.3 is 12.1 Å². The normalized spacial score (nSPS) is 11.9. The highest BCUT2D eigenvalue weighted by molar-refractivity contribution is 5.87. The molecule has 0 saturated heterocycles. The molecule has 33 heavy (non-hydrogen) atoms. The van der Waals surface area contributed by atoms with Gasteiger partial charge in [0.05, 0.1) is 20.3 Å². The average molecular weight is 458 g/mol. The number of carbonyl (C=O) groups is 2. The van der Waals surface area contributed by atoms with E-state index in [1.165, 1.54) is 0 Å². The molecule has 0 saturated carbocycles. The maximum absolute atomic E-state index is 12.5. The van der Waals surface area contributed by atoms with Crippen molar-refractivity contribution in [3.63, 3.8) is 0 Å². The van der Waals surface area contributed by atoms with Crippen LogP contribution in [0, 0.1) is 0 Å². The van der Waals surface area contributed by atoms with E-state index in [9.17, 15) is 9.59 Å². The maximum Gasteiger partial charge on any atom is 0.412 e. The minimum atomic E-state index is -0.600. The van der Waals surface area contributed by atoms with Crippen molar-refractivity contribution < 1.29 is 33.6 Å². The van der Waals surface area contributed by atoms with E-state index in [0.29, 0.717) is 42.2 Å². The number of rotatable bonds is 12. The van der Waals surface area contributed by atoms with E-state index in [-0.39, 0.29) is 19.2 Å². The lowest BCUT2D eigenvalue weighted by Crippen LogP contribution is -2.17. The minimum absolute atomic E-state index is 0.0782. The van der Waals surface area contributed by atoms with Gasteiger partial charge in [-0.05, 0) is 68.7 Å². The first-order valence-electron chi connectivity index (χ1n) is 10.8. The number of aliphatic hydroxyl groups excluding tert-OH is 1. The lowest BCUT2D eigenvalue weighted by atomic mass is 10.0. The van der Waals surface area contributed by atoms with Crippen LogP contribution in [-0.4, -0.2) is 44.1 Å². The van der Waals surface area contributed by atoms with E-state index < -0.39 is 12.2 Å². The molecule has 178 valence electrons. The van der Waals surface area contributed by atoms with Crippen LogP contribution in [0.2, 0.25) is 0 Å². The van der Waals surface area contributed by atoms with Gasteiger partial charge in [0.2, 0.25) is 0 Å². The van der Waals surface area contributed by atoms with Crippen LogP contribution in [0.25, 0.3) is 0 Å². The molecule has 2 aromatic rings. The van der Waals surface area contributed by atoms with Crippen LogP contribution in [0.5, 0.6) is 11.5 Å². The average Bonchev–Trinajstić information content (AvgIpc) is 2.83. The van der Waals surface area contributed by atoms with E-state index >= 15 is 0 Å². The van der Waals surface area contributed by atoms with E-state index in [0.717, 1.165) is 5.56 Å². The summed E-state index contributed by atoms with van der Waals surface area (Å²) in [7, 11) is 1.57. The number of esters is 1. The predicted molar refractivity (Wildman–Crippen MR) is 124 cm³/mol. The lowest BCUT2D eigenvalue weighted by molar-refractivity contribution is -0.138. The number of anilines is 1. The van der Waals surface area contributed by atoms with Crippen LogP contribution >= 0.6 is 0 Å². The number of benzene rings is 2. The highest BCUT2D eigenvalue weighted by atomic mass is 16.6.